The third kappa shape index (κ3) is 2.27. The largest absolute Gasteiger partial charge is 0.373 e. The van der Waals surface area contributed by atoms with Gasteiger partial charge in [0.2, 0.25) is 0 Å². The second-order valence-corrected chi connectivity index (χ2v) is 3.29. The lowest BCUT2D eigenvalue weighted by Crippen LogP contribution is -2.27. The van der Waals surface area contributed by atoms with Crippen molar-refractivity contribution in [3.05, 3.63) is 18.5 Å². The smallest absolute Gasteiger partial charge is 0.0541 e. The standard InChI is InChI=1S/C9H17N3/c1-8(5-10)7-12(2)9-3-4-11-6-9/h3-4,6,8,11H,5,7,10H2,1-2H3. The van der Waals surface area contributed by atoms with Crippen LogP contribution < -0.4 is 10.6 Å². The summed E-state index contributed by atoms with van der Waals surface area (Å²) in [6.07, 6.45) is 3.92. The summed E-state index contributed by atoms with van der Waals surface area (Å²) in [7, 11) is 2.08. The lowest BCUT2D eigenvalue weighted by atomic mass is 10.2. The van der Waals surface area contributed by atoms with Crippen LogP contribution in [-0.2, 0) is 0 Å². The Morgan fingerprint density at radius 2 is 2.42 bits per heavy atom. The lowest BCUT2D eigenvalue weighted by molar-refractivity contribution is 0.590. The fourth-order valence-electron chi connectivity index (χ4n) is 1.20. The van der Waals surface area contributed by atoms with Gasteiger partial charge in [-0.05, 0) is 18.5 Å². The minimum absolute atomic E-state index is 0.546. The molecule has 0 saturated heterocycles. The molecule has 0 amide bonds. The Morgan fingerprint density at radius 3 is 2.92 bits per heavy atom. The fourth-order valence-corrected chi connectivity index (χ4v) is 1.20. The number of aromatic amines is 1. The molecule has 1 aromatic rings. The van der Waals surface area contributed by atoms with E-state index in [1.54, 1.807) is 0 Å². The van der Waals surface area contributed by atoms with Gasteiger partial charge in [-0.25, -0.2) is 0 Å². The molecule has 1 heterocycles. The molecule has 3 heteroatoms. The molecule has 1 aromatic heterocycles. The van der Waals surface area contributed by atoms with Crippen LogP contribution in [0, 0.1) is 5.92 Å². The van der Waals surface area contributed by atoms with Crippen molar-refractivity contribution in [2.75, 3.05) is 25.0 Å². The van der Waals surface area contributed by atoms with Gasteiger partial charge in [-0.2, -0.15) is 0 Å². The highest BCUT2D eigenvalue weighted by molar-refractivity contribution is 5.42. The number of hydrogen-bond donors (Lipinski definition) is 2. The predicted octanol–water partition coefficient (Wildman–Crippen LogP) is 1.05. The summed E-state index contributed by atoms with van der Waals surface area (Å²) in [6.45, 7) is 3.91. The molecular weight excluding hydrogens is 150 g/mol. The van der Waals surface area contributed by atoms with Gasteiger partial charge in [0.15, 0.2) is 0 Å². The van der Waals surface area contributed by atoms with Crippen molar-refractivity contribution < 1.29 is 0 Å². The Hall–Kier alpha value is -0.960. The monoisotopic (exact) mass is 167 g/mol. The number of hydrogen-bond acceptors (Lipinski definition) is 2. The molecule has 0 saturated carbocycles. The predicted molar refractivity (Wildman–Crippen MR) is 52.3 cm³/mol. The molecule has 1 rings (SSSR count). The maximum absolute atomic E-state index is 5.54. The fraction of sp³-hybridized carbons (Fsp3) is 0.556. The maximum atomic E-state index is 5.54. The molecule has 0 bridgehead atoms. The topological polar surface area (TPSA) is 45.0 Å². The highest BCUT2D eigenvalue weighted by atomic mass is 15.1. The second-order valence-electron chi connectivity index (χ2n) is 3.29. The molecule has 12 heavy (non-hydrogen) atoms. The van der Waals surface area contributed by atoms with Crippen molar-refractivity contribution in [3.63, 3.8) is 0 Å². The first kappa shape index (κ1) is 9.13. The van der Waals surface area contributed by atoms with Gasteiger partial charge in [0, 0.05) is 26.0 Å². The van der Waals surface area contributed by atoms with Gasteiger partial charge >= 0.3 is 0 Å². The van der Waals surface area contributed by atoms with Gasteiger partial charge < -0.3 is 15.6 Å². The van der Waals surface area contributed by atoms with Gasteiger partial charge in [-0.3, -0.25) is 0 Å². The summed E-state index contributed by atoms with van der Waals surface area (Å²) in [6, 6.07) is 2.06. The Balaban J connectivity index is 2.44. The van der Waals surface area contributed by atoms with Crippen LogP contribution in [0.15, 0.2) is 18.5 Å². The van der Waals surface area contributed by atoms with Gasteiger partial charge in [0.1, 0.15) is 0 Å². The van der Waals surface area contributed by atoms with Crippen LogP contribution in [0.4, 0.5) is 5.69 Å². The number of nitrogens with zero attached hydrogens (tertiary/aromatic N) is 1. The first-order chi connectivity index (χ1) is 5.74. The van der Waals surface area contributed by atoms with Crippen LogP contribution in [0.3, 0.4) is 0 Å². The average Bonchev–Trinajstić information content (AvgIpc) is 2.56. The van der Waals surface area contributed by atoms with Crippen LogP contribution >= 0.6 is 0 Å². The van der Waals surface area contributed by atoms with Crippen molar-refractivity contribution in [1.29, 1.82) is 0 Å². The van der Waals surface area contributed by atoms with E-state index >= 15 is 0 Å². The van der Waals surface area contributed by atoms with E-state index in [2.05, 4.69) is 29.9 Å². The number of nitrogens with one attached hydrogen (secondary N) is 1. The van der Waals surface area contributed by atoms with Crippen molar-refractivity contribution in [1.82, 2.24) is 4.98 Å². The Bertz CT molecular complexity index is 206. The summed E-state index contributed by atoms with van der Waals surface area (Å²) in [5.74, 6) is 0.546. The molecule has 3 N–H and O–H groups in total. The maximum Gasteiger partial charge on any atom is 0.0541 e. The van der Waals surface area contributed by atoms with Gasteiger partial charge in [0.05, 0.1) is 5.69 Å². The minimum atomic E-state index is 0.546. The van der Waals surface area contributed by atoms with Crippen LogP contribution in [-0.4, -0.2) is 25.1 Å². The number of H-pyrrole nitrogens is 1. The van der Waals surface area contributed by atoms with E-state index in [1.807, 2.05) is 12.4 Å². The molecule has 0 aromatic carbocycles. The van der Waals surface area contributed by atoms with Crippen LogP contribution in [0.5, 0.6) is 0 Å². The first-order valence-corrected chi connectivity index (χ1v) is 4.28. The highest BCUT2D eigenvalue weighted by Crippen LogP contribution is 2.11. The average molecular weight is 167 g/mol. The molecule has 0 radical (unpaired) electrons. The van der Waals surface area contributed by atoms with E-state index in [-0.39, 0.29) is 0 Å². The summed E-state index contributed by atoms with van der Waals surface area (Å²) in [5.41, 5.74) is 6.76. The highest BCUT2D eigenvalue weighted by Gasteiger charge is 2.04. The summed E-state index contributed by atoms with van der Waals surface area (Å²) in [5, 5.41) is 0. The zero-order valence-corrected chi connectivity index (χ0v) is 7.75. The zero-order chi connectivity index (χ0) is 8.97. The van der Waals surface area contributed by atoms with Crippen LogP contribution in [0.2, 0.25) is 0 Å². The third-order valence-electron chi connectivity index (χ3n) is 2.01. The normalized spacial score (nSPS) is 12.9. The summed E-state index contributed by atoms with van der Waals surface area (Å²) < 4.78 is 0. The molecule has 0 fully saturated rings. The molecule has 1 atom stereocenters. The number of aromatic nitrogens is 1. The Morgan fingerprint density at radius 1 is 1.67 bits per heavy atom. The van der Waals surface area contributed by atoms with Crippen LogP contribution in [0.1, 0.15) is 6.92 Å². The van der Waals surface area contributed by atoms with E-state index in [0.717, 1.165) is 13.1 Å². The van der Waals surface area contributed by atoms with E-state index < -0.39 is 0 Å². The van der Waals surface area contributed by atoms with E-state index in [4.69, 9.17) is 5.73 Å². The van der Waals surface area contributed by atoms with Gasteiger partial charge in [-0.15, -0.1) is 0 Å². The van der Waals surface area contributed by atoms with Crippen molar-refractivity contribution in [2.45, 2.75) is 6.92 Å². The lowest BCUT2D eigenvalue weighted by Gasteiger charge is -2.20. The summed E-state index contributed by atoms with van der Waals surface area (Å²) >= 11 is 0. The van der Waals surface area contributed by atoms with E-state index in [9.17, 15) is 0 Å². The van der Waals surface area contributed by atoms with Crippen molar-refractivity contribution in [3.8, 4) is 0 Å². The van der Waals surface area contributed by atoms with E-state index in [0.29, 0.717) is 5.92 Å². The molecule has 0 aliphatic rings. The third-order valence-corrected chi connectivity index (χ3v) is 2.01. The minimum Gasteiger partial charge on any atom is -0.373 e. The Kier molecular flexibility index (Phi) is 3.17. The second kappa shape index (κ2) is 4.16. The van der Waals surface area contributed by atoms with Gasteiger partial charge in [-0.1, -0.05) is 6.92 Å². The molecule has 0 aliphatic heterocycles. The molecule has 3 nitrogen and oxygen atoms in total. The first-order valence-electron chi connectivity index (χ1n) is 4.28. The zero-order valence-electron chi connectivity index (χ0n) is 7.75. The van der Waals surface area contributed by atoms with Crippen LogP contribution in [0.25, 0.3) is 0 Å². The number of anilines is 1. The molecule has 68 valence electrons. The summed E-state index contributed by atoms with van der Waals surface area (Å²) in [4.78, 5) is 5.23. The van der Waals surface area contributed by atoms with E-state index in [1.165, 1.54) is 5.69 Å². The van der Waals surface area contributed by atoms with Crippen molar-refractivity contribution in [2.24, 2.45) is 11.7 Å². The quantitative estimate of drug-likeness (QED) is 0.704. The molecule has 0 spiro atoms. The molecular formula is C9H17N3. The van der Waals surface area contributed by atoms with Crippen molar-refractivity contribution >= 4 is 5.69 Å². The SMILES string of the molecule is CC(CN)CN(C)c1cc[nH]c1. The molecule has 0 aliphatic carbocycles. The number of rotatable bonds is 4. The Labute approximate surface area is 73.6 Å². The van der Waals surface area contributed by atoms with Gasteiger partial charge in [0.25, 0.3) is 0 Å². The molecule has 1 unspecified atom stereocenters. The number of nitrogens with two attached hydrogens (primary N) is 1.